The van der Waals surface area contributed by atoms with Crippen LogP contribution < -0.4 is 0 Å². The zero-order valence-corrected chi connectivity index (χ0v) is 13.9. The summed E-state index contributed by atoms with van der Waals surface area (Å²) >= 11 is 6.33. The minimum absolute atomic E-state index is 0.146. The van der Waals surface area contributed by atoms with Gasteiger partial charge < -0.3 is 5.11 Å². The topological polar surface area (TPSA) is 70.5 Å². The van der Waals surface area contributed by atoms with Crippen molar-refractivity contribution in [3.63, 3.8) is 0 Å². The highest BCUT2D eigenvalue weighted by Crippen LogP contribution is 2.35. The number of thioether (sulfide) groups is 1. The van der Waals surface area contributed by atoms with Crippen LogP contribution in [-0.4, -0.2) is 37.2 Å². The van der Waals surface area contributed by atoms with Gasteiger partial charge in [-0.15, -0.1) is 0 Å². The monoisotopic (exact) mass is 336 g/mol. The van der Waals surface area contributed by atoms with Crippen LogP contribution in [0.25, 0.3) is 6.08 Å². The fourth-order valence-corrected chi connectivity index (χ4v) is 3.48. The molecule has 0 saturated carbocycles. The van der Waals surface area contributed by atoms with Crippen molar-refractivity contribution in [2.45, 2.75) is 26.3 Å². The van der Waals surface area contributed by atoms with Crippen LogP contribution >= 0.6 is 24.0 Å². The molecule has 1 atom stereocenters. The minimum Gasteiger partial charge on any atom is -0.480 e. The molecule has 1 aromatic rings. The number of hydrogen-bond acceptors (Lipinski definition) is 5. The van der Waals surface area contributed by atoms with E-state index in [1.54, 1.807) is 24.5 Å². The minimum atomic E-state index is -1.03. The van der Waals surface area contributed by atoms with E-state index in [2.05, 4.69) is 4.98 Å². The van der Waals surface area contributed by atoms with E-state index in [1.807, 2.05) is 19.9 Å². The number of carboxylic acids is 1. The van der Waals surface area contributed by atoms with Crippen LogP contribution in [0.2, 0.25) is 0 Å². The highest BCUT2D eigenvalue weighted by atomic mass is 32.2. The molecule has 0 unspecified atom stereocenters. The Balaban J connectivity index is 2.28. The third-order valence-corrected chi connectivity index (χ3v) is 4.43. The second-order valence-corrected chi connectivity index (χ2v) is 7.00. The first kappa shape index (κ1) is 16.6. The van der Waals surface area contributed by atoms with E-state index >= 15 is 0 Å². The van der Waals surface area contributed by atoms with E-state index in [0.717, 1.165) is 17.3 Å². The zero-order chi connectivity index (χ0) is 16.3. The Morgan fingerprint density at radius 3 is 2.82 bits per heavy atom. The molecule has 0 radical (unpaired) electrons. The Morgan fingerprint density at radius 2 is 2.27 bits per heavy atom. The van der Waals surface area contributed by atoms with Crippen molar-refractivity contribution in [2.24, 2.45) is 5.92 Å². The summed E-state index contributed by atoms with van der Waals surface area (Å²) in [4.78, 5) is 29.6. The third-order valence-electron chi connectivity index (χ3n) is 3.10. The molecule has 0 spiro atoms. The quantitative estimate of drug-likeness (QED) is 0.658. The number of hydrogen-bond donors (Lipinski definition) is 1. The van der Waals surface area contributed by atoms with Gasteiger partial charge in [0.05, 0.1) is 4.91 Å². The lowest BCUT2D eigenvalue weighted by Crippen LogP contribution is -2.44. The normalized spacial score (nSPS) is 18.3. The van der Waals surface area contributed by atoms with Gasteiger partial charge in [-0.25, -0.2) is 4.79 Å². The number of amides is 1. The van der Waals surface area contributed by atoms with E-state index in [1.165, 1.54) is 4.90 Å². The van der Waals surface area contributed by atoms with Gasteiger partial charge in [0, 0.05) is 12.4 Å². The van der Waals surface area contributed by atoms with Crippen molar-refractivity contribution in [3.8, 4) is 0 Å². The highest BCUT2D eigenvalue weighted by Gasteiger charge is 2.40. The predicted molar refractivity (Wildman–Crippen MR) is 90.1 cm³/mol. The Kier molecular flexibility index (Phi) is 5.31. The fraction of sp³-hybridized carbons (Fsp3) is 0.333. The Hall–Kier alpha value is -1.73. The van der Waals surface area contributed by atoms with E-state index in [4.69, 9.17) is 12.2 Å². The molecule has 1 aliphatic heterocycles. The Bertz CT molecular complexity index is 629. The van der Waals surface area contributed by atoms with Gasteiger partial charge in [0.15, 0.2) is 0 Å². The lowest BCUT2D eigenvalue weighted by Gasteiger charge is -2.24. The molecule has 116 valence electrons. The lowest BCUT2D eigenvalue weighted by molar-refractivity contribution is -0.145. The largest absolute Gasteiger partial charge is 0.480 e. The Labute approximate surface area is 138 Å². The number of carbonyl (C=O) groups is 2. The smallest absolute Gasteiger partial charge is 0.326 e. The Morgan fingerprint density at radius 1 is 1.55 bits per heavy atom. The summed E-state index contributed by atoms with van der Waals surface area (Å²) in [5, 5.41) is 9.40. The standard InChI is InChI=1S/C15H16N2O3S2/c1-9(2)6-11(14(19)20)17-13(18)12(22-15(17)21)7-10-4-3-5-16-8-10/h3-5,7-9,11H,6H2,1-2H3,(H,19,20)/b12-7-/t11-/m1/s1. The van der Waals surface area contributed by atoms with Crippen LogP contribution in [0.15, 0.2) is 29.4 Å². The first-order valence-corrected chi connectivity index (χ1v) is 8.02. The zero-order valence-electron chi connectivity index (χ0n) is 12.2. The third kappa shape index (κ3) is 3.72. The molecular formula is C15H16N2O3S2. The van der Waals surface area contributed by atoms with Crippen LogP contribution in [0.4, 0.5) is 0 Å². The van der Waals surface area contributed by atoms with Crippen molar-refractivity contribution in [3.05, 3.63) is 35.0 Å². The number of carbonyl (C=O) groups excluding carboxylic acids is 1. The molecule has 2 heterocycles. The molecule has 1 aromatic heterocycles. The van der Waals surface area contributed by atoms with Crippen LogP contribution in [-0.2, 0) is 9.59 Å². The van der Waals surface area contributed by atoms with Crippen LogP contribution in [0.3, 0.4) is 0 Å². The molecule has 1 aliphatic rings. The number of aromatic nitrogens is 1. The number of aliphatic carboxylic acids is 1. The van der Waals surface area contributed by atoms with E-state index in [9.17, 15) is 14.7 Å². The first-order chi connectivity index (χ1) is 10.4. The van der Waals surface area contributed by atoms with Gasteiger partial charge in [-0.05, 0) is 30.0 Å². The summed E-state index contributed by atoms with van der Waals surface area (Å²) in [5.74, 6) is -1.24. The molecule has 1 saturated heterocycles. The number of thiocarbonyl (C=S) groups is 1. The molecule has 22 heavy (non-hydrogen) atoms. The summed E-state index contributed by atoms with van der Waals surface area (Å²) in [5.41, 5.74) is 0.777. The molecule has 2 rings (SSSR count). The molecule has 1 amide bonds. The maximum atomic E-state index is 12.5. The molecule has 0 bridgehead atoms. The van der Waals surface area contributed by atoms with Crippen molar-refractivity contribution in [1.82, 2.24) is 9.88 Å². The second kappa shape index (κ2) is 7.02. The maximum Gasteiger partial charge on any atom is 0.326 e. The van der Waals surface area contributed by atoms with Crippen molar-refractivity contribution >= 4 is 46.3 Å². The summed E-state index contributed by atoms with van der Waals surface area (Å²) < 4.78 is 0.285. The van der Waals surface area contributed by atoms with Gasteiger partial charge >= 0.3 is 5.97 Å². The van der Waals surface area contributed by atoms with E-state index in [-0.39, 0.29) is 16.1 Å². The fourth-order valence-electron chi connectivity index (χ4n) is 2.12. The van der Waals surface area contributed by atoms with Crippen molar-refractivity contribution in [2.75, 3.05) is 0 Å². The molecule has 0 aliphatic carbocycles. The maximum absolute atomic E-state index is 12.5. The van der Waals surface area contributed by atoms with E-state index in [0.29, 0.717) is 11.3 Å². The van der Waals surface area contributed by atoms with Crippen molar-refractivity contribution in [1.29, 1.82) is 0 Å². The number of carboxylic acid groups (broad SMARTS) is 1. The molecule has 7 heteroatoms. The summed E-state index contributed by atoms with van der Waals surface area (Å²) in [6.07, 6.45) is 5.32. The highest BCUT2D eigenvalue weighted by molar-refractivity contribution is 8.26. The number of pyridine rings is 1. The molecule has 5 nitrogen and oxygen atoms in total. The average Bonchev–Trinajstić information content (AvgIpc) is 2.72. The molecule has 1 fully saturated rings. The lowest BCUT2D eigenvalue weighted by atomic mass is 10.0. The summed E-state index contributed by atoms with van der Waals surface area (Å²) in [7, 11) is 0. The second-order valence-electron chi connectivity index (χ2n) is 5.32. The molecule has 0 aromatic carbocycles. The van der Waals surface area contributed by atoms with E-state index < -0.39 is 12.0 Å². The molecule has 1 N–H and O–H groups in total. The summed E-state index contributed by atoms with van der Waals surface area (Å²) in [6.45, 7) is 3.83. The number of nitrogens with zero attached hydrogens (tertiary/aromatic N) is 2. The summed E-state index contributed by atoms with van der Waals surface area (Å²) in [6, 6.07) is 2.67. The van der Waals surface area contributed by atoms with Crippen LogP contribution in [0.1, 0.15) is 25.8 Å². The van der Waals surface area contributed by atoms with Gasteiger partial charge in [0.2, 0.25) is 0 Å². The van der Waals surface area contributed by atoms with Crippen LogP contribution in [0, 0.1) is 5.92 Å². The molecular weight excluding hydrogens is 320 g/mol. The van der Waals surface area contributed by atoms with Gasteiger partial charge in [0.25, 0.3) is 5.91 Å². The van der Waals surface area contributed by atoms with Crippen LogP contribution in [0.5, 0.6) is 0 Å². The van der Waals surface area contributed by atoms with Gasteiger partial charge in [0.1, 0.15) is 10.4 Å². The SMILES string of the molecule is CC(C)C[C@H](C(=O)O)N1C(=O)/C(=C/c2cccnc2)SC1=S. The van der Waals surface area contributed by atoms with Gasteiger partial charge in [-0.3, -0.25) is 14.7 Å². The van der Waals surface area contributed by atoms with Gasteiger partial charge in [-0.1, -0.05) is 43.9 Å². The van der Waals surface area contributed by atoms with Crippen molar-refractivity contribution < 1.29 is 14.7 Å². The predicted octanol–water partition coefficient (Wildman–Crippen LogP) is 2.78. The van der Waals surface area contributed by atoms with Gasteiger partial charge in [-0.2, -0.15) is 0 Å². The number of rotatable bonds is 5. The average molecular weight is 336 g/mol. The first-order valence-electron chi connectivity index (χ1n) is 6.80.